The lowest BCUT2D eigenvalue weighted by Gasteiger charge is -1.95. The highest BCUT2D eigenvalue weighted by molar-refractivity contribution is 5.59. The quantitative estimate of drug-likeness (QED) is 0.803. The van der Waals surface area contributed by atoms with Crippen LogP contribution in [0.5, 0.6) is 0 Å². The SMILES string of the molecule is CNCc1cc(-c2cccc(F)c2)n[nH]1. The zero-order valence-corrected chi connectivity index (χ0v) is 8.42. The molecule has 0 fully saturated rings. The summed E-state index contributed by atoms with van der Waals surface area (Å²) in [5, 5.41) is 10.0. The molecule has 0 bridgehead atoms. The first-order valence-electron chi connectivity index (χ1n) is 4.74. The molecule has 0 saturated heterocycles. The van der Waals surface area contributed by atoms with Gasteiger partial charge >= 0.3 is 0 Å². The smallest absolute Gasteiger partial charge is 0.123 e. The summed E-state index contributed by atoms with van der Waals surface area (Å²) in [6, 6.07) is 8.31. The molecule has 2 aromatic rings. The van der Waals surface area contributed by atoms with Crippen LogP contribution in [0.1, 0.15) is 5.69 Å². The maximum absolute atomic E-state index is 13.0. The monoisotopic (exact) mass is 205 g/mol. The van der Waals surface area contributed by atoms with Gasteiger partial charge in [-0.05, 0) is 25.2 Å². The summed E-state index contributed by atoms with van der Waals surface area (Å²) < 4.78 is 13.0. The Morgan fingerprint density at radius 2 is 2.27 bits per heavy atom. The normalized spacial score (nSPS) is 10.5. The molecule has 78 valence electrons. The highest BCUT2D eigenvalue weighted by Crippen LogP contribution is 2.18. The Labute approximate surface area is 87.3 Å². The number of aromatic nitrogens is 2. The number of benzene rings is 1. The van der Waals surface area contributed by atoms with Crippen molar-refractivity contribution >= 4 is 0 Å². The summed E-state index contributed by atoms with van der Waals surface area (Å²) >= 11 is 0. The molecule has 0 amide bonds. The van der Waals surface area contributed by atoms with E-state index in [1.54, 1.807) is 6.07 Å². The van der Waals surface area contributed by atoms with E-state index in [9.17, 15) is 4.39 Å². The van der Waals surface area contributed by atoms with Gasteiger partial charge in [0.25, 0.3) is 0 Å². The van der Waals surface area contributed by atoms with Gasteiger partial charge in [0, 0.05) is 17.8 Å². The molecule has 1 aromatic carbocycles. The van der Waals surface area contributed by atoms with Gasteiger partial charge in [0.2, 0.25) is 0 Å². The molecule has 4 heteroatoms. The van der Waals surface area contributed by atoms with Crippen LogP contribution in [0.2, 0.25) is 0 Å². The van der Waals surface area contributed by atoms with Gasteiger partial charge in [-0.2, -0.15) is 5.10 Å². The van der Waals surface area contributed by atoms with Crippen molar-refractivity contribution in [1.29, 1.82) is 0 Å². The topological polar surface area (TPSA) is 40.7 Å². The van der Waals surface area contributed by atoms with Gasteiger partial charge in [-0.1, -0.05) is 12.1 Å². The minimum Gasteiger partial charge on any atom is -0.314 e. The molecule has 0 aliphatic rings. The van der Waals surface area contributed by atoms with Crippen LogP contribution < -0.4 is 5.32 Å². The van der Waals surface area contributed by atoms with E-state index in [2.05, 4.69) is 15.5 Å². The molecular weight excluding hydrogens is 193 g/mol. The van der Waals surface area contributed by atoms with Crippen LogP contribution in [0.25, 0.3) is 11.3 Å². The van der Waals surface area contributed by atoms with E-state index >= 15 is 0 Å². The van der Waals surface area contributed by atoms with Crippen LogP contribution in [0, 0.1) is 5.82 Å². The van der Waals surface area contributed by atoms with E-state index < -0.39 is 0 Å². The predicted octanol–water partition coefficient (Wildman–Crippen LogP) is 1.94. The van der Waals surface area contributed by atoms with E-state index in [0.717, 1.165) is 23.5 Å². The summed E-state index contributed by atoms with van der Waals surface area (Å²) in [5.41, 5.74) is 2.53. The molecule has 0 aliphatic carbocycles. The predicted molar refractivity (Wildman–Crippen MR) is 56.7 cm³/mol. The van der Waals surface area contributed by atoms with Crippen LogP contribution in [0.4, 0.5) is 4.39 Å². The molecule has 0 saturated carbocycles. The summed E-state index contributed by atoms with van der Waals surface area (Å²) in [6.45, 7) is 0.725. The molecule has 1 heterocycles. The minimum atomic E-state index is -0.245. The van der Waals surface area contributed by atoms with E-state index in [0.29, 0.717) is 0 Å². The van der Waals surface area contributed by atoms with Crippen molar-refractivity contribution < 1.29 is 4.39 Å². The molecule has 15 heavy (non-hydrogen) atoms. The van der Waals surface area contributed by atoms with Crippen LogP contribution >= 0.6 is 0 Å². The Morgan fingerprint density at radius 3 is 3.00 bits per heavy atom. The summed E-state index contributed by atoms with van der Waals surface area (Å²) in [6.07, 6.45) is 0. The van der Waals surface area contributed by atoms with Crippen LogP contribution in [0.15, 0.2) is 30.3 Å². The largest absolute Gasteiger partial charge is 0.314 e. The molecule has 0 radical (unpaired) electrons. The van der Waals surface area contributed by atoms with Crippen molar-refractivity contribution in [2.24, 2.45) is 0 Å². The van der Waals surface area contributed by atoms with E-state index in [-0.39, 0.29) is 5.82 Å². The van der Waals surface area contributed by atoms with Crippen molar-refractivity contribution in [2.75, 3.05) is 7.05 Å². The summed E-state index contributed by atoms with van der Waals surface area (Å²) in [7, 11) is 1.86. The first-order valence-corrected chi connectivity index (χ1v) is 4.74. The first kappa shape index (κ1) is 9.86. The van der Waals surface area contributed by atoms with Gasteiger partial charge < -0.3 is 5.32 Å². The van der Waals surface area contributed by atoms with Crippen molar-refractivity contribution in [3.63, 3.8) is 0 Å². The molecule has 0 atom stereocenters. The van der Waals surface area contributed by atoms with Crippen LogP contribution in [-0.4, -0.2) is 17.2 Å². The zero-order valence-electron chi connectivity index (χ0n) is 8.42. The Morgan fingerprint density at radius 1 is 1.40 bits per heavy atom. The van der Waals surface area contributed by atoms with Crippen molar-refractivity contribution in [1.82, 2.24) is 15.5 Å². The van der Waals surface area contributed by atoms with Gasteiger partial charge in [0.1, 0.15) is 5.82 Å². The lowest BCUT2D eigenvalue weighted by molar-refractivity contribution is 0.628. The second-order valence-electron chi connectivity index (χ2n) is 3.32. The van der Waals surface area contributed by atoms with Crippen LogP contribution in [-0.2, 0) is 6.54 Å². The third-order valence-corrected chi connectivity index (χ3v) is 2.12. The maximum atomic E-state index is 13.0. The number of hydrogen-bond acceptors (Lipinski definition) is 2. The fraction of sp³-hybridized carbons (Fsp3) is 0.182. The second-order valence-corrected chi connectivity index (χ2v) is 3.32. The van der Waals surface area contributed by atoms with Gasteiger partial charge in [0.15, 0.2) is 0 Å². The van der Waals surface area contributed by atoms with Crippen molar-refractivity contribution in [2.45, 2.75) is 6.54 Å². The van der Waals surface area contributed by atoms with E-state index in [1.165, 1.54) is 12.1 Å². The van der Waals surface area contributed by atoms with Gasteiger partial charge in [-0.3, -0.25) is 5.10 Å². The Hall–Kier alpha value is -1.68. The zero-order chi connectivity index (χ0) is 10.7. The number of nitrogens with zero attached hydrogens (tertiary/aromatic N) is 1. The highest BCUT2D eigenvalue weighted by atomic mass is 19.1. The van der Waals surface area contributed by atoms with E-state index in [4.69, 9.17) is 0 Å². The second kappa shape index (κ2) is 4.23. The molecule has 0 unspecified atom stereocenters. The van der Waals surface area contributed by atoms with E-state index in [1.807, 2.05) is 19.2 Å². The highest BCUT2D eigenvalue weighted by Gasteiger charge is 2.03. The Bertz CT molecular complexity index is 451. The number of aromatic amines is 1. The Balaban J connectivity index is 2.29. The molecular formula is C11H12FN3. The maximum Gasteiger partial charge on any atom is 0.123 e. The number of halogens is 1. The first-order chi connectivity index (χ1) is 7.29. The van der Waals surface area contributed by atoms with Gasteiger partial charge in [-0.15, -0.1) is 0 Å². The minimum absolute atomic E-state index is 0.245. The fourth-order valence-electron chi connectivity index (χ4n) is 1.44. The average molecular weight is 205 g/mol. The molecule has 2 rings (SSSR count). The lowest BCUT2D eigenvalue weighted by Crippen LogP contribution is -2.04. The third kappa shape index (κ3) is 2.22. The molecule has 0 aliphatic heterocycles. The molecule has 2 N–H and O–H groups in total. The summed E-state index contributed by atoms with van der Waals surface area (Å²) in [5.74, 6) is -0.245. The fourth-order valence-corrected chi connectivity index (χ4v) is 1.44. The van der Waals surface area contributed by atoms with Crippen molar-refractivity contribution in [3.8, 4) is 11.3 Å². The van der Waals surface area contributed by atoms with Crippen LogP contribution in [0.3, 0.4) is 0 Å². The Kier molecular flexibility index (Phi) is 2.78. The van der Waals surface area contributed by atoms with Crippen molar-refractivity contribution in [3.05, 3.63) is 41.8 Å². The standard InChI is InChI=1S/C11H12FN3/c1-13-7-10-6-11(15-14-10)8-3-2-4-9(12)5-8/h2-6,13H,7H2,1H3,(H,14,15). The number of H-pyrrole nitrogens is 1. The molecule has 1 aromatic heterocycles. The third-order valence-electron chi connectivity index (χ3n) is 2.12. The van der Waals surface area contributed by atoms with Gasteiger partial charge in [0.05, 0.1) is 5.69 Å². The molecule has 0 spiro atoms. The van der Waals surface area contributed by atoms with Gasteiger partial charge in [-0.25, -0.2) is 4.39 Å². The summed E-state index contributed by atoms with van der Waals surface area (Å²) in [4.78, 5) is 0. The number of hydrogen-bond donors (Lipinski definition) is 2. The number of rotatable bonds is 3. The average Bonchev–Trinajstić information content (AvgIpc) is 2.67. The lowest BCUT2D eigenvalue weighted by atomic mass is 10.1. The molecule has 3 nitrogen and oxygen atoms in total. The number of nitrogens with one attached hydrogen (secondary N) is 2.